The number of benzene rings is 2. The van der Waals surface area contributed by atoms with Crippen LogP contribution in [0.5, 0.6) is 0 Å². The van der Waals surface area contributed by atoms with E-state index in [-0.39, 0.29) is 11.1 Å². The zero-order valence-corrected chi connectivity index (χ0v) is 14.7. The Labute approximate surface area is 152 Å². The van der Waals surface area contributed by atoms with Crippen molar-refractivity contribution in [1.29, 1.82) is 0 Å². The molecule has 0 aliphatic heterocycles. The topological polar surface area (TPSA) is 73.0 Å². The maximum absolute atomic E-state index is 13.4. The maximum Gasteiger partial charge on any atom is 0.420 e. The Hall–Kier alpha value is -2.93. The molecule has 0 aliphatic rings. The third-order valence-electron chi connectivity index (χ3n) is 4.07. The minimum atomic E-state index is -0.495. The molecule has 0 bridgehead atoms. The SMILES string of the molecule is CC(C)n1c(=O)oc2cc3ncnc(Nc4ccc(F)c(Cl)c4)c3cc21. The lowest BCUT2D eigenvalue weighted by molar-refractivity contribution is 0.478. The summed E-state index contributed by atoms with van der Waals surface area (Å²) in [6.07, 6.45) is 1.40. The van der Waals surface area contributed by atoms with E-state index in [4.69, 9.17) is 16.0 Å². The van der Waals surface area contributed by atoms with Crippen LogP contribution in [0.15, 0.2) is 45.9 Å². The van der Waals surface area contributed by atoms with Crippen LogP contribution in [0.3, 0.4) is 0 Å². The molecule has 6 nitrogen and oxygen atoms in total. The van der Waals surface area contributed by atoms with Crippen LogP contribution in [-0.2, 0) is 0 Å². The van der Waals surface area contributed by atoms with Gasteiger partial charge in [0.2, 0.25) is 0 Å². The molecule has 8 heteroatoms. The number of nitrogens with one attached hydrogen (secondary N) is 1. The number of nitrogens with zero attached hydrogens (tertiary/aromatic N) is 3. The number of aromatic nitrogens is 3. The molecule has 0 fully saturated rings. The van der Waals surface area contributed by atoms with E-state index < -0.39 is 11.6 Å². The van der Waals surface area contributed by atoms with Gasteiger partial charge in [0.1, 0.15) is 18.0 Å². The molecule has 0 radical (unpaired) electrons. The van der Waals surface area contributed by atoms with Crippen molar-refractivity contribution in [3.8, 4) is 0 Å². The van der Waals surface area contributed by atoms with E-state index in [1.54, 1.807) is 16.7 Å². The number of anilines is 2. The van der Waals surface area contributed by atoms with Gasteiger partial charge < -0.3 is 9.73 Å². The summed E-state index contributed by atoms with van der Waals surface area (Å²) in [4.78, 5) is 20.6. The standard InChI is InChI=1S/C18H14ClFN4O2/c1-9(2)24-15-6-11-14(7-16(15)26-18(24)25)21-8-22-17(11)23-10-3-4-13(20)12(19)5-10/h3-9H,1-2H3,(H,21,22,23). The molecule has 0 spiro atoms. The molecule has 2 aromatic carbocycles. The highest BCUT2D eigenvalue weighted by molar-refractivity contribution is 6.31. The molecule has 0 unspecified atom stereocenters. The summed E-state index contributed by atoms with van der Waals surface area (Å²) in [5, 5.41) is 3.83. The fourth-order valence-electron chi connectivity index (χ4n) is 2.88. The number of halogens is 2. The van der Waals surface area contributed by atoms with Gasteiger partial charge in [0.15, 0.2) is 5.58 Å². The fourth-order valence-corrected chi connectivity index (χ4v) is 3.06. The van der Waals surface area contributed by atoms with Gasteiger partial charge in [0.05, 0.1) is 16.1 Å². The van der Waals surface area contributed by atoms with Crippen LogP contribution in [0.25, 0.3) is 22.0 Å². The number of hydrogen-bond acceptors (Lipinski definition) is 5. The molecule has 2 aromatic heterocycles. The van der Waals surface area contributed by atoms with Gasteiger partial charge in [-0.25, -0.2) is 19.2 Å². The summed E-state index contributed by atoms with van der Waals surface area (Å²) < 4.78 is 20.3. The van der Waals surface area contributed by atoms with Crippen LogP contribution >= 0.6 is 11.6 Å². The first kappa shape index (κ1) is 16.5. The Morgan fingerprint density at radius 1 is 1.23 bits per heavy atom. The summed E-state index contributed by atoms with van der Waals surface area (Å²) >= 11 is 5.84. The van der Waals surface area contributed by atoms with Crippen molar-refractivity contribution >= 4 is 45.1 Å². The van der Waals surface area contributed by atoms with Crippen LogP contribution in [0.1, 0.15) is 19.9 Å². The van der Waals surface area contributed by atoms with E-state index in [0.29, 0.717) is 33.5 Å². The van der Waals surface area contributed by atoms with E-state index in [9.17, 15) is 9.18 Å². The first-order chi connectivity index (χ1) is 12.4. The van der Waals surface area contributed by atoms with Crippen LogP contribution in [0.2, 0.25) is 5.02 Å². The zero-order chi connectivity index (χ0) is 18.4. The number of rotatable bonds is 3. The van der Waals surface area contributed by atoms with E-state index in [1.165, 1.54) is 18.5 Å². The first-order valence-corrected chi connectivity index (χ1v) is 8.33. The highest BCUT2D eigenvalue weighted by atomic mass is 35.5. The van der Waals surface area contributed by atoms with E-state index in [0.717, 1.165) is 0 Å². The van der Waals surface area contributed by atoms with Crippen LogP contribution < -0.4 is 11.1 Å². The van der Waals surface area contributed by atoms with Gasteiger partial charge in [-0.1, -0.05) is 11.6 Å². The quantitative estimate of drug-likeness (QED) is 0.566. The molecule has 2 heterocycles. The van der Waals surface area contributed by atoms with Crippen molar-refractivity contribution in [1.82, 2.24) is 14.5 Å². The van der Waals surface area contributed by atoms with Gasteiger partial charge in [0, 0.05) is 23.2 Å². The Morgan fingerprint density at radius 2 is 2.04 bits per heavy atom. The van der Waals surface area contributed by atoms with Gasteiger partial charge in [-0.2, -0.15) is 0 Å². The lowest BCUT2D eigenvalue weighted by atomic mass is 10.2. The molecule has 0 atom stereocenters. The summed E-state index contributed by atoms with van der Waals surface area (Å²) in [6.45, 7) is 3.81. The van der Waals surface area contributed by atoms with Gasteiger partial charge in [-0.3, -0.25) is 4.57 Å². The second-order valence-corrected chi connectivity index (χ2v) is 6.55. The number of fused-ring (bicyclic) bond motifs is 2. The second kappa shape index (κ2) is 6.10. The third kappa shape index (κ3) is 2.70. The van der Waals surface area contributed by atoms with Crippen molar-refractivity contribution in [2.45, 2.75) is 19.9 Å². The molecule has 0 aliphatic carbocycles. The van der Waals surface area contributed by atoms with Gasteiger partial charge in [0.25, 0.3) is 0 Å². The summed E-state index contributed by atoms with van der Waals surface area (Å²) in [6, 6.07) is 7.77. The Bertz CT molecular complexity index is 1200. The summed E-state index contributed by atoms with van der Waals surface area (Å²) in [5.74, 6) is -0.396. The molecule has 26 heavy (non-hydrogen) atoms. The number of hydrogen-bond donors (Lipinski definition) is 1. The minimum absolute atomic E-state index is 0.0132. The summed E-state index contributed by atoms with van der Waals surface area (Å²) in [7, 11) is 0. The molecule has 4 aromatic rings. The highest BCUT2D eigenvalue weighted by Crippen LogP contribution is 2.29. The second-order valence-electron chi connectivity index (χ2n) is 6.14. The number of oxazole rings is 1. The Balaban J connectivity index is 1.90. The highest BCUT2D eigenvalue weighted by Gasteiger charge is 2.15. The van der Waals surface area contributed by atoms with E-state index in [1.807, 2.05) is 19.9 Å². The van der Waals surface area contributed by atoms with Gasteiger partial charge in [-0.15, -0.1) is 0 Å². The van der Waals surface area contributed by atoms with Crippen LogP contribution in [-0.4, -0.2) is 14.5 Å². The molecule has 132 valence electrons. The monoisotopic (exact) mass is 372 g/mol. The zero-order valence-electron chi connectivity index (χ0n) is 14.0. The molecular weight excluding hydrogens is 359 g/mol. The molecule has 1 N–H and O–H groups in total. The molecule has 0 saturated carbocycles. The lowest BCUT2D eigenvalue weighted by Crippen LogP contribution is -2.15. The molecule has 4 rings (SSSR count). The van der Waals surface area contributed by atoms with Crippen molar-refractivity contribution in [3.63, 3.8) is 0 Å². The third-order valence-corrected chi connectivity index (χ3v) is 4.36. The van der Waals surface area contributed by atoms with Gasteiger partial charge in [-0.05, 0) is 38.1 Å². The lowest BCUT2D eigenvalue weighted by Gasteiger charge is -2.10. The fraction of sp³-hybridized carbons (Fsp3) is 0.167. The Kier molecular flexibility index (Phi) is 3.88. The predicted molar refractivity (Wildman–Crippen MR) is 98.6 cm³/mol. The average molecular weight is 373 g/mol. The average Bonchev–Trinajstić information content (AvgIpc) is 2.91. The van der Waals surface area contributed by atoms with Crippen molar-refractivity contribution < 1.29 is 8.81 Å². The summed E-state index contributed by atoms with van der Waals surface area (Å²) in [5.41, 5.74) is 2.33. The minimum Gasteiger partial charge on any atom is -0.408 e. The maximum atomic E-state index is 13.4. The van der Waals surface area contributed by atoms with Crippen molar-refractivity contribution in [2.24, 2.45) is 0 Å². The van der Waals surface area contributed by atoms with Crippen molar-refractivity contribution in [2.75, 3.05) is 5.32 Å². The first-order valence-electron chi connectivity index (χ1n) is 7.96. The van der Waals surface area contributed by atoms with Crippen LogP contribution in [0, 0.1) is 5.82 Å². The van der Waals surface area contributed by atoms with E-state index in [2.05, 4.69) is 15.3 Å². The predicted octanol–water partition coefficient (Wildman–Crippen LogP) is 4.65. The van der Waals surface area contributed by atoms with Crippen LogP contribution in [0.4, 0.5) is 15.9 Å². The molecular formula is C18H14ClFN4O2. The molecule has 0 saturated heterocycles. The van der Waals surface area contributed by atoms with E-state index >= 15 is 0 Å². The largest absolute Gasteiger partial charge is 0.420 e. The van der Waals surface area contributed by atoms with Crippen molar-refractivity contribution in [3.05, 3.63) is 58.0 Å². The van der Waals surface area contributed by atoms with Gasteiger partial charge >= 0.3 is 5.76 Å². The molecule has 0 amide bonds. The smallest absolute Gasteiger partial charge is 0.408 e. The Morgan fingerprint density at radius 3 is 2.77 bits per heavy atom. The normalized spacial score (nSPS) is 11.6.